The lowest BCUT2D eigenvalue weighted by molar-refractivity contribution is 0.133. The lowest BCUT2D eigenvalue weighted by Gasteiger charge is -2.14. The second kappa shape index (κ2) is 10.8. The zero-order valence-corrected chi connectivity index (χ0v) is 17.9. The van der Waals surface area contributed by atoms with Crippen LogP contribution in [0.2, 0.25) is 0 Å². The third-order valence-electron chi connectivity index (χ3n) is 4.05. The number of rotatable bonds is 7. The number of halogens is 1. The highest BCUT2D eigenvalue weighted by Crippen LogP contribution is 2.10. The van der Waals surface area contributed by atoms with Crippen molar-refractivity contribution in [1.29, 1.82) is 0 Å². The maximum atomic E-state index is 5.54. The number of ether oxygens (including phenoxy) is 1. The van der Waals surface area contributed by atoms with E-state index in [1.807, 2.05) is 47.9 Å². The summed E-state index contributed by atoms with van der Waals surface area (Å²) in [6.07, 6.45) is 1.95. The van der Waals surface area contributed by atoms with Crippen molar-refractivity contribution < 1.29 is 4.74 Å². The Balaban J connectivity index is 0.00000261. The fourth-order valence-electron chi connectivity index (χ4n) is 2.66. The van der Waals surface area contributed by atoms with Crippen LogP contribution in [0.25, 0.3) is 5.65 Å². The number of benzene rings is 1. The summed E-state index contributed by atoms with van der Waals surface area (Å²) < 4.78 is 7.50. The van der Waals surface area contributed by atoms with E-state index in [1.165, 1.54) is 11.1 Å². The number of aromatic nitrogens is 3. The SMILES string of the molecule is CCOCc1ccccc1CNC(=NC)NCc1nnc2ccccn12.I. The predicted octanol–water partition coefficient (Wildman–Crippen LogP) is 2.75. The second-order valence-electron chi connectivity index (χ2n) is 5.73. The first-order valence-corrected chi connectivity index (χ1v) is 8.69. The summed E-state index contributed by atoms with van der Waals surface area (Å²) in [5.41, 5.74) is 3.20. The number of hydrogen-bond donors (Lipinski definition) is 2. The fourth-order valence-corrected chi connectivity index (χ4v) is 2.66. The zero-order valence-electron chi connectivity index (χ0n) is 15.6. The van der Waals surface area contributed by atoms with E-state index in [1.54, 1.807) is 7.05 Å². The molecular weight excluding hydrogens is 455 g/mol. The maximum absolute atomic E-state index is 5.54. The monoisotopic (exact) mass is 480 g/mol. The van der Waals surface area contributed by atoms with Crippen LogP contribution in [0.3, 0.4) is 0 Å². The Morgan fingerprint density at radius 2 is 1.78 bits per heavy atom. The highest BCUT2D eigenvalue weighted by atomic mass is 127. The number of pyridine rings is 1. The molecule has 0 atom stereocenters. The molecular formula is C19H25IN6O. The largest absolute Gasteiger partial charge is 0.377 e. The van der Waals surface area contributed by atoms with Crippen molar-refractivity contribution in [2.24, 2.45) is 4.99 Å². The predicted molar refractivity (Wildman–Crippen MR) is 117 cm³/mol. The summed E-state index contributed by atoms with van der Waals surface area (Å²) in [5.74, 6) is 1.55. The van der Waals surface area contributed by atoms with Crippen molar-refractivity contribution in [2.45, 2.75) is 26.6 Å². The maximum Gasteiger partial charge on any atom is 0.191 e. The molecule has 0 radical (unpaired) electrons. The standard InChI is InChI=1S/C19H24N6O.HI/c1-3-26-14-16-9-5-4-8-15(16)12-21-19(20-2)22-13-18-24-23-17-10-6-7-11-25(17)18;/h4-11H,3,12-14H2,1-2H3,(H2,20,21,22);1H. The topological polar surface area (TPSA) is 75.8 Å². The van der Waals surface area contributed by atoms with Crippen LogP contribution >= 0.6 is 24.0 Å². The summed E-state index contributed by atoms with van der Waals surface area (Å²) in [6.45, 7) is 4.53. The smallest absolute Gasteiger partial charge is 0.191 e. The van der Waals surface area contributed by atoms with Crippen LogP contribution in [0.15, 0.2) is 53.7 Å². The van der Waals surface area contributed by atoms with Gasteiger partial charge in [0.2, 0.25) is 0 Å². The van der Waals surface area contributed by atoms with Crippen molar-refractivity contribution in [3.05, 3.63) is 65.6 Å². The van der Waals surface area contributed by atoms with Gasteiger partial charge in [0.15, 0.2) is 17.4 Å². The van der Waals surface area contributed by atoms with E-state index < -0.39 is 0 Å². The third kappa shape index (κ3) is 5.64. The van der Waals surface area contributed by atoms with Crippen LogP contribution < -0.4 is 10.6 Å². The van der Waals surface area contributed by atoms with Gasteiger partial charge in [-0.15, -0.1) is 34.2 Å². The average Bonchev–Trinajstić information content (AvgIpc) is 3.10. The van der Waals surface area contributed by atoms with Crippen LogP contribution in [-0.4, -0.2) is 34.2 Å². The van der Waals surface area contributed by atoms with Crippen molar-refractivity contribution in [1.82, 2.24) is 25.2 Å². The Morgan fingerprint density at radius 1 is 1.04 bits per heavy atom. The van der Waals surface area contributed by atoms with E-state index in [0.717, 1.165) is 11.5 Å². The summed E-state index contributed by atoms with van der Waals surface area (Å²) in [5, 5.41) is 15.0. The molecule has 0 fully saturated rings. The normalized spacial score (nSPS) is 11.3. The van der Waals surface area contributed by atoms with Crippen molar-refractivity contribution in [3.8, 4) is 0 Å². The third-order valence-corrected chi connectivity index (χ3v) is 4.05. The van der Waals surface area contributed by atoms with E-state index in [0.29, 0.717) is 32.3 Å². The molecule has 0 spiro atoms. The summed E-state index contributed by atoms with van der Waals surface area (Å²) in [6, 6.07) is 14.1. The highest BCUT2D eigenvalue weighted by Gasteiger charge is 2.07. The number of nitrogens with zero attached hydrogens (tertiary/aromatic N) is 4. The quantitative estimate of drug-likeness (QED) is 0.309. The van der Waals surface area contributed by atoms with Gasteiger partial charge < -0.3 is 15.4 Å². The van der Waals surface area contributed by atoms with Crippen LogP contribution in [-0.2, 0) is 24.4 Å². The number of nitrogens with one attached hydrogen (secondary N) is 2. The lowest BCUT2D eigenvalue weighted by atomic mass is 10.1. The Kier molecular flexibility index (Phi) is 8.46. The van der Waals surface area contributed by atoms with Gasteiger partial charge in [0, 0.05) is 26.4 Å². The molecule has 3 rings (SSSR count). The van der Waals surface area contributed by atoms with Gasteiger partial charge in [-0.05, 0) is 30.2 Å². The second-order valence-corrected chi connectivity index (χ2v) is 5.73. The first-order chi connectivity index (χ1) is 12.8. The minimum atomic E-state index is 0. The molecule has 0 amide bonds. The van der Waals surface area contributed by atoms with Gasteiger partial charge in [-0.1, -0.05) is 30.3 Å². The van der Waals surface area contributed by atoms with E-state index >= 15 is 0 Å². The van der Waals surface area contributed by atoms with Gasteiger partial charge in [0.05, 0.1) is 13.2 Å². The molecule has 8 heteroatoms. The molecule has 7 nitrogen and oxygen atoms in total. The first kappa shape index (κ1) is 21.1. The van der Waals surface area contributed by atoms with Crippen LogP contribution in [0, 0.1) is 0 Å². The molecule has 0 aliphatic rings. The van der Waals surface area contributed by atoms with Gasteiger partial charge in [-0.3, -0.25) is 9.39 Å². The number of guanidine groups is 1. The van der Waals surface area contributed by atoms with E-state index in [2.05, 4.69) is 38.0 Å². The van der Waals surface area contributed by atoms with Crippen molar-refractivity contribution in [2.75, 3.05) is 13.7 Å². The zero-order chi connectivity index (χ0) is 18.2. The van der Waals surface area contributed by atoms with E-state index in [9.17, 15) is 0 Å². The fraction of sp³-hybridized carbons (Fsp3) is 0.316. The first-order valence-electron chi connectivity index (χ1n) is 8.69. The van der Waals surface area contributed by atoms with Gasteiger partial charge in [0.25, 0.3) is 0 Å². The minimum absolute atomic E-state index is 0. The Labute approximate surface area is 176 Å². The number of hydrogen-bond acceptors (Lipinski definition) is 4. The van der Waals surface area contributed by atoms with Crippen LogP contribution in [0.1, 0.15) is 23.9 Å². The Bertz CT molecular complexity index is 879. The molecule has 27 heavy (non-hydrogen) atoms. The average molecular weight is 480 g/mol. The lowest BCUT2D eigenvalue weighted by Crippen LogP contribution is -2.37. The Hall–Kier alpha value is -2.20. The molecule has 0 saturated heterocycles. The number of aliphatic imine (C=N–C) groups is 1. The van der Waals surface area contributed by atoms with E-state index in [4.69, 9.17) is 4.74 Å². The summed E-state index contributed by atoms with van der Waals surface area (Å²) in [7, 11) is 1.75. The van der Waals surface area contributed by atoms with Crippen molar-refractivity contribution in [3.63, 3.8) is 0 Å². The molecule has 0 unspecified atom stereocenters. The van der Waals surface area contributed by atoms with Gasteiger partial charge >= 0.3 is 0 Å². The highest BCUT2D eigenvalue weighted by molar-refractivity contribution is 14.0. The molecule has 2 N–H and O–H groups in total. The molecule has 2 heterocycles. The van der Waals surface area contributed by atoms with Crippen LogP contribution in [0.5, 0.6) is 0 Å². The van der Waals surface area contributed by atoms with Gasteiger partial charge in [-0.2, -0.15) is 0 Å². The number of fused-ring (bicyclic) bond motifs is 1. The van der Waals surface area contributed by atoms with Crippen molar-refractivity contribution >= 4 is 35.6 Å². The summed E-state index contributed by atoms with van der Waals surface area (Å²) >= 11 is 0. The molecule has 3 aromatic rings. The molecule has 144 valence electrons. The van der Waals surface area contributed by atoms with E-state index in [-0.39, 0.29) is 24.0 Å². The molecule has 1 aromatic carbocycles. The molecule has 0 saturated carbocycles. The molecule has 0 aliphatic heterocycles. The minimum Gasteiger partial charge on any atom is -0.377 e. The van der Waals surface area contributed by atoms with Gasteiger partial charge in [0.1, 0.15) is 0 Å². The summed E-state index contributed by atoms with van der Waals surface area (Å²) in [4.78, 5) is 4.28. The molecule has 0 bridgehead atoms. The molecule has 0 aliphatic carbocycles. The van der Waals surface area contributed by atoms with Gasteiger partial charge in [-0.25, -0.2) is 0 Å². The molecule has 2 aromatic heterocycles. The Morgan fingerprint density at radius 3 is 2.56 bits per heavy atom. The van der Waals surface area contributed by atoms with Crippen LogP contribution in [0.4, 0.5) is 0 Å².